The Morgan fingerprint density at radius 3 is 2.54 bits per heavy atom. The van der Waals surface area contributed by atoms with Gasteiger partial charge in [0.05, 0.1) is 11.6 Å². The van der Waals surface area contributed by atoms with Crippen LogP contribution in [0.2, 0.25) is 5.02 Å². The standard InChI is InChI=1S/C33H33ClN4O3/c1-37-32(41)33(20-22-8-3-2-4-9-22)21-38(19-18-28(33)36-37)31(40)29(24-14-16-25(34)17-15-24)35-30(39)27-13-7-11-23-10-5-6-12-26(23)27/h2-6,8-10,12,14-17,27,29H,7,11,13,18-21H2,1H3,(H,35,39)/t27?,29-,33?/m0/s1. The maximum absolute atomic E-state index is 14.3. The lowest BCUT2D eigenvalue weighted by molar-refractivity contribution is -0.142. The number of carbonyl (C=O) groups excluding carboxylic acids is 3. The topological polar surface area (TPSA) is 82.1 Å². The summed E-state index contributed by atoms with van der Waals surface area (Å²) in [5.41, 5.74) is 3.76. The van der Waals surface area contributed by atoms with Gasteiger partial charge in [-0.05, 0) is 60.1 Å². The summed E-state index contributed by atoms with van der Waals surface area (Å²) < 4.78 is 0. The van der Waals surface area contributed by atoms with Crippen molar-refractivity contribution >= 4 is 35.0 Å². The van der Waals surface area contributed by atoms with E-state index in [1.807, 2.05) is 48.5 Å². The van der Waals surface area contributed by atoms with Gasteiger partial charge in [0.1, 0.15) is 11.5 Å². The predicted molar refractivity (Wildman–Crippen MR) is 158 cm³/mol. The maximum atomic E-state index is 14.3. The summed E-state index contributed by atoms with van der Waals surface area (Å²) in [5.74, 6) is -0.837. The van der Waals surface area contributed by atoms with Gasteiger partial charge in [0, 0.05) is 31.6 Å². The second-order valence-corrected chi connectivity index (χ2v) is 11.7. The van der Waals surface area contributed by atoms with E-state index in [-0.39, 0.29) is 30.2 Å². The zero-order chi connectivity index (χ0) is 28.6. The van der Waals surface area contributed by atoms with Crippen LogP contribution < -0.4 is 5.32 Å². The van der Waals surface area contributed by atoms with Gasteiger partial charge in [-0.25, -0.2) is 5.01 Å². The molecule has 0 spiro atoms. The number of hydrazone groups is 1. The molecule has 3 aromatic rings. The van der Waals surface area contributed by atoms with Gasteiger partial charge in [0.15, 0.2) is 0 Å². The second kappa shape index (κ2) is 11.1. The molecule has 0 saturated carbocycles. The number of rotatable bonds is 6. The van der Waals surface area contributed by atoms with Gasteiger partial charge < -0.3 is 10.2 Å². The Kier molecular flexibility index (Phi) is 7.39. The number of nitrogens with zero attached hydrogens (tertiary/aromatic N) is 3. The zero-order valence-electron chi connectivity index (χ0n) is 23.1. The van der Waals surface area contributed by atoms with Crippen LogP contribution in [0.25, 0.3) is 0 Å². The third-order valence-electron chi connectivity index (χ3n) is 8.69. The van der Waals surface area contributed by atoms with E-state index in [2.05, 4.69) is 16.5 Å². The van der Waals surface area contributed by atoms with E-state index in [1.165, 1.54) is 10.6 Å². The number of amides is 3. The van der Waals surface area contributed by atoms with Crippen LogP contribution in [-0.2, 0) is 27.2 Å². The first-order chi connectivity index (χ1) is 19.9. The fourth-order valence-electron chi connectivity index (χ4n) is 6.61. The summed E-state index contributed by atoms with van der Waals surface area (Å²) in [6.45, 7) is 0.622. The SMILES string of the molecule is CN1N=C2CCN(C(=O)[C@@H](NC(=O)C3CCCc4ccccc43)c3ccc(Cl)cc3)CC2(Cc2ccccc2)C1=O. The summed E-state index contributed by atoms with van der Waals surface area (Å²) >= 11 is 6.18. The number of hydrogen-bond acceptors (Lipinski definition) is 4. The number of benzene rings is 3. The molecule has 2 heterocycles. The summed E-state index contributed by atoms with van der Waals surface area (Å²) in [6.07, 6.45) is 3.54. The van der Waals surface area contributed by atoms with Crippen LogP contribution in [0.3, 0.4) is 0 Å². The number of nitrogens with one attached hydrogen (secondary N) is 1. The number of likely N-dealkylation sites (tertiary alicyclic amines) is 1. The Balaban J connectivity index is 1.30. The van der Waals surface area contributed by atoms with E-state index in [1.54, 1.807) is 36.2 Å². The van der Waals surface area contributed by atoms with Gasteiger partial charge in [-0.3, -0.25) is 14.4 Å². The molecule has 1 fully saturated rings. The van der Waals surface area contributed by atoms with E-state index in [9.17, 15) is 14.4 Å². The Labute approximate surface area is 245 Å². The van der Waals surface area contributed by atoms with Crippen molar-refractivity contribution in [2.24, 2.45) is 10.5 Å². The Bertz CT molecular complexity index is 1510. The predicted octanol–water partition coefficient (Wildman–Crippen LogP) is 4.91. The first kappa shape index (κ1) is 27.2. The van der Waals surface area contributed by atoms with Crippen molar-refractivity contribution in [3.05, 3.63) is 106 Å². The highest BCUT2D eigenvalue weighted by Crippen LogP contribution is 2.39. The molecule has 6 rings (SSSR count). The molecule has 2 unspecified atom stereocenters. The molecule has 3 aliphatic rings. The molecule has 2 aliphatic heterocycles. The fraction of sp³-hybridized carbons (Fsp3) is 0.333. The fourth-order valence-corrected chi connectivity index (χ4v) is 6.74. The lowest BCUT2D eigenvalue weighted by Crippen LogP contribution is -2.57. The van der Waals surface area contributed by atoms with Crippen molar-refractivity contribution in [3.8, 4) is 0 Å². The van der Waals surface area contributed by atoms with Gasteiger partial charge in [0.2, 0.25) is 11.8 Å². The lowest BCUT2D eigenvalue weighted by Gasteiger charge is -2.41. The molecule has 7 nitrogen and oxygen atoms in total. The average Bonchev–Trinajstić information content (AvgIpc) is 3.24. The Morgan fingerprint density at radius 1 is 1.02 bits per heavy atom. The minimum atomic E-state index is -0.930. The molecule has 0 aromatic heterocycles. The lowest BCUT2D eigenvalue weighted by atomic mass is 9.73. The molecular formula is C33H33ClN4O3. The number of halogens is 1. The normalized spacial score (nSPS) is 22.4. The Hall–Kier alpha value is -3.97. The minimum Gasteiger partial charge on any atom is -0.340 e. The summed E-state index contributed by atoms with van der Waals surface area (Å²) in [4.78, 5) is 43.5. The molecule has 3 amide bonds. The molecule has 210 valence electrons. The monoisotopic (exact) mass is 568 g/mol. The van der Waals surface area contributed by atoms with Crippen LogP contribution >= 0.6 is 11.6 Å². The van der Waals surface area contributed by atoms with E-state index in [0.717, 1.165) is 36.1 Å². The van der Waals surface area contributed by atoms with Crippen molar-refractivity contribution in [2.45, 2.75) is 44.1 Å². The average molecular weight is 569 g/mol. The van der Waals surface area contributed by atoms with Crippen molar-refractivity contribution in [3.63, 3.8) is 0 Å². The first-order valence-electron chi connectivity index (χ1n) is 14.2. The summed E-state index contributed by atoms with van der Waals surface area (Å²) in [6, 6.07) is 24.0. The number of hydrogen-bond donors (Lipinski definition) is 1. The number of fused-ring (bicyclic) bond motifs is 2. The number of piperidine rings is 1. The van der Waals surface area contributed by atoms with Gasteiger partial charge in [-0.2, -0.15) is 5.10 Å². The van der Waals surface area contributed by atoms with Crippen molar-refractivity contribution in [1.29, 1.82) is 0 Å². The quantitative estimate of drug-likeness (QED) is 0.459. The Morgan fingerprint density at radius 2 is 1.76 bits per heavy atom. The van der Waals surface area contributed by atoms with Gasteiger partial charge >= 0.3 is 0 Å². The third kappa shape index (κ3) is 5.15. The third-order valence-corrected chi connectivity index (χ3v) is 8.94. The van der Waals surface area contributed by atoms with E-state index < -0.39 is 11.5 Å². The van der Waals surface area contributed by atoms with Crippen LogP contribution in [0.1, 0.15) is 53.5 Å². The van der Waals surface area contributed by atoms with Crippen LogP contribution in [-0.4, -0.2) is 53.5 Å². The molecule has 3 atom stereocenters. The molecule has 1 N–H and O–H groups in total. The highest BCUT2D eigenvalue weighted by atomic mass is 35.5. The van der Waals surface area contributed by atoms with Gasteiger partial charge in [0.25, 0.3) is 5.91 Å². The largest absolute Gasteiger partial charge is 0.340 e. The molecular weight excluding hydrogens is 536 g/mol. The summed E-state index contributed by atoms with van der Waals surface area (Å²) in [7, 11) is 1.67. The number of carbonyl (C=O) groups is 3. The van der Waals surface area contributed by atoms with E-state index in [0.29, 0.717) is 30.0 Å². The van der Waals surface area contributed by atoms with Crippen LogP contribution in [0, 0.1) is 5.41 Å². The van der Waals surface area contributed by atoms with Crippen molar-refractivity contribution in [2.75, 3.05) is 20.1 Å². The second-order valence-electron chi connectivity index (χ2n) is 11.3. The van der Waals surface area contributed by atoms with E-state index in [4.69, 9.17) is 11.6 Å². The van der Waals surface area contributed by atoms with E-state index >= 15 is 0 Å². The molecule has 1 aliphatic carbocycles. The molecule has 8 heteroatoms. The highest BCUT2D eigenvalue weighted by molar-refractivity contribution is 6.30. The van der Waals surface area contributed by atoms with Gasteiger partial charge in [-0.1, -0.05) is 78.3 Å². The van der Waals surface area contributed by atoms with Crippen LogP contribution in [0.15, 0.2) is 84.0 Å². The van der Waals surface area contributed by atoms with Crippen molar-refractivity contribution in [1.82, 2.24) is 15.2 Å². The highest BCUT2D eigenvalue weighted by Gasteiger charge is 2.54. The maximum Gasteiger partial charge on any atom is 0.256 e. The molecule has 0 bridgehead atoms. The molecule has 3 aromatic carbocycles. The first-order valence-corrected chi connectivity index (χ1v) is 14.6. The molecule has 41 heavy (non-hydrogen) atoms. The smallest absolute Gasteiger partial charge is 0.256 e. The summed E-state index contributed by atoms with van der Waals surface area (Å²) in [5, 5.41) is 9.64. The molecule has 0 radical (unpaired) electrons. The van der Waals surface area contributed by atoms with Crippen molar-refractivity contribution < 1.29 is 14.4 Å². The number of aryl methyl sites for hydroxylation is 1. The van der Waals surface area contributed by atoms with Crippen LogP contribution in [0.5, 0.6) is 0 Å². The molecule has 1 saturated heterocycles. The van der Waals surface area contributed by atoms with Gasteiger partial charge in [-0.15, -0.1) is 0 Å². The van der Waals surface area contributed by atoms with Crippen LogP contribution in [0.4, 0.5) is 0 Å². The zero-order valence-corrected chi connectivity index (χ0v) is 23.8. The minimum absolute atomic E-state index is 0.111.